The molecule has 0 atom stereocenters. The van der Waals surface area contributed by atoms with Gasteiger partial charge in [-0.15, -0.1) is 0 Å². The number of carbonyl (C=O) groups is 2. The van der Waals surface area contributed by atoms with Gasteiger partial charge in [0.2, 0.25) is 0 Å². The summed E-state index contributed by atoms with van der Waals surface area (Å²) in [6.45, 7) is 0. The fraction of sp³-hybridized carbons (Fsp3) is 0.0690. The molecule has 0 aliphatic rings. The van der Waals surface area contributed by atoms with Crippen molar-refractivity contribution >= 4 is 18.1 Å². The molecule has 2 N–H and O–H groups in total. The number of benzene rings is 4. The largest absolute Gasteiger partial charge is 0.497 e. The van der Waals surface area contributed by atoms with Crippen LogP contribution >= 0.6 is 0 Å². The molecule has 0 aliphatic heterocycles. The Hall–Kier alpha value is -4.75. The normalized spacial score (nSPS) is 11.2. The van der Waals surface area contributed by atoms with E-state index in [4.69, 9.17) is 9.47 Å². The van der Waals surface area contributed by atoms with Gasteiger partial charge in [0.05, 0.1) is 18.9 Å². The average Bonchev–Trinajstić information content (AvgIpc) is 2.94. The first-order chi connectivity index (χ1) is 17.5. The van der Waals surface area contributed by atoms with E-state index in [-0.39, 0.29) is 5.75 Å². The fourth-order valence-corrected chi connectivity index (χ4v) is 3.59. The molecule has 0 heterocycles. The molecule has 0 unspecified atom stereocenters. The van der Waals surface area contributed by atoms with Crippen LogP contribution in [0.1, 0.15) is 27.0 Å². The summed E-state index contributed by atoms with van der Waals surface area (Å²) < 4.78 is 10.6. The van der Waals surface area contributed by atoms with E-state index in [0.717, 1.165) is 0 Å². The highest BCUT2D eigenvalue weighted by atomic mass is 16.5. The standard InChI is InChI=1S/C29H24N2O5/c1-35-25-18-16-21(17-19-25)27(32)36-26-15-9-8-10-22(26)20-30-31-28(33)29(34,23-11-4-2-5-12-23)24-13-6-3-7-14-24/h2-20,34H,1H3,(H,31,33). The molecule has 0 bridgehead atoms. The number of aliphatic hydroxyl groups is 1. The summed E-state index contributed by atoms with van der Waals surface area (Å²) in [6, 6.07) is 30.6. The zero-order chi connectivity index (χ0) is 25.4. The highest BCUT2D eigenvalue weighted by Crippen LogP contribution is 2.30. The molecule has 0 spiro atoms. The van der Waals surface area contributed by atoms with E-state index in [2.05, 4.69) is 10.5 Å². The molecule has 1 amide bonds. The van der Waals surface area contributed by atoms with Crippen molar-refractivity contribution in [1.82, 2.24) is 5.43 Å². The number of rotatable bonds is 8. The van der Waals surface area contributed by atoms with Crippen LogP contribution < -0.4 is 14.9 Å². The van der Waals surface area contributed by atoms with Crippen LogP contribution in [0.5, 0.6) is 11.5 Å². The maximum absolute atomic E-state index is 13.2. The number of amides is 1. The molecule has 7 nitrogen and oxygen atoms in total. The summed E-state index contributed by atoms with van der Waals surface area (Å²) in [5, 5.41) is 15.5. The second kappa shape index (κ2) is 11.1. The van der Waals surface area contributed by atoms with E-state index >= 15 is 0 Å². The molecule has 4 aromatic carbocycles. The molecule has 0 fully saturated rings. The maximum atomic E-state index is 13.2. The van der Waals surface area contributed by atoms with Crippen LogP contribution in [0.4, 0.5) is 0 Å². The van der Waals surface area contributed by atoms with Gasteiger partial charge in [0.1, 0.15) is 11.5 Å². The van der Waals surface area contributed by atoms with Crippen LogP contribution in [-0.4, -0.2) is 30.3 Å². The Balaban J connectivity index is 1.53. The molecule has 36 heavy (non-hydrogen) atoms. The summed E-state index contributed by atoms with van der Waals surface area (Å²) in [6.07, 6.45) is 1.35. The van der Waals surface area contributed by atoms with Gasteiger partial charge in [-0.2, -0.15) is 5.10 Å². The number of methoxy groups -OCH3 is 1. The van der Waals surface area contributed by atoms with Gasteiger partial charge in [0.15, 0.2) is 5.60 Å². The van der Waals surface area contributed by atoms with Gasteiger partial charge in [0.25, 0.3) is 5.91 Å². The maximum Gasteiger partial charge on any atom is 0.343 e. The molecule has 4 aromatic rings. The molecule has 180 valence electrons. The summed E-state index contributed by atoms with van der Waals surface area (Å²) in [5.41, 5.74) is 2.08. The number of hydrogen-bond acceptors (Lipinski definition) is 6. The first-order valence-electron chi connectivity index (χ1n) is 11.1. The Kier molecular flexibility index (Phi) is 7.53. The Labute approximate surface area is 208 Å². The van der Waals surface area contributed by atoms with Crippen molar-refractivity contribution in [3.8, 4) is 11.5 Å². The molecule has 0 saturated carbocycles. The first-order valence-corrected chi connectivity index (χ1v) is 11.1. The van der Waals surface area contributed by atoms with Crippen LogP contribution in [0.15, 0.2) is 114 Å². The summed E-state index contributed by atoms with van der Waals surface area (Å²) in [4.78, 5) is 25.8. The van der Waals surface area contributed by atoms with Crippen molar-refractivity contribution in [2.45, 2.75) is 5.60 Å². The molecule has 0 aromatic heterocycles. The molecular weight excluding hydrogens is 456 g/mol. The Morgan fingerprint density at radius 3 is 1.94 bits per heavy atom. The van der Waals surface area contributed by atoms with E-state index in [9.17, 15) is 14.7 Å². The van der Waals surface area contributed by atoms with Gasteiger partial charge in [-0.25, -0.2) is 10.2 Å². The SMILES string of the molecule is COc1ccc(C(=O)Oc2ccccc2C=NNC(=O)C(O)(c2ccccc2)c2ccccc2)cc1. The Morgan fingerprint density at radius 1 is 0.806 bits per heavy atom. The van der Waals surface area contributed by atoms with Crippen LogP contribution in [0.3, 0.4) is 0 Å². The predicted molar refractivity (Wildman–Crippen MR) is 136 cm³/mol. The molecule has 0 saturated heterocycles. The van der Waals surface area contributed by atoms with Gasteiger partial charge in [-0.3, -0.25) is 4.79 Å². The lowest BCUT2D eigenvalue weighted by atomic mass is 9.85. The smallest absolute Gasteiger partial charge is 0.343 e. The van der Waals surface area contributed by atoms with Crippen molar-refractivity contribution < 1.29 is 24.2 Å². The van der Waals surface area contributed by atoms with Crippen molar-refractivity contribution in [3.63, 3.8) is 0 Å². The highest BCUT2D eigenvalue weighted by Gasteiger charge is 2.39. The van der Waals surface area contributed by atoms with Gasteiger partial charge in [-0.1, -0.05) is 72.8 Å². The van der Waals surface area contributed by atoms with E-state index in [1.54, 1.807) is 116 Å². The molecule has 0 radical (unpaired) electrons. The van der Waals surface area contributed by atoms with E-state index in [1.165, 1.54) is 6.21 Å². The fourth-order valence-electron chi connectivity index (χ4n) is 3.59. The number of para-hydroxylation sites is 1. The number of ether oxygens (including phenoxy) is 2. The number of nitrogens with zero attached hydrogens (tertiary/aromatic N) is 1. The Bertz CT molecular complexity index is 1310. The first kappa shape index (κ1) is 24.4. The zero-order valence-corrected chi connectivity index (χ0v) is 19.5. The lowest BCUT2D eigenvalue weighted by molar-refractivity contribution is -0.136. The van der Waals surface area contributed by atoms with Crippen LogP contribution in [0.2, 0.25) is 0 Å². The minimum Gasteiger partial charge on any atom is -0.497 e. The van der Waals surface area contributed by atoms with Crippen molar-refractivity contribution in [2.75, 3.05) is 7.11 Å². The van der Waals surface area contributed by atoms with E-state index < -0.39 is 17.5 Å². The van der Waals surface area contributed by atoms with Gasteiger partial charge in [-0.05, 0) is 47.5 Å². The van der Waals surface area contributed by atoms with Gasteiger partial charge < -0.3 is 14.6 Å². The van der Waals surface area contributed by atoms with E-state index in [0.29, 0.717) is 28.0 Å². The Morgan fingerprint density at radius 2 is 1.36 bits per heavy atom. The topological polar surface area (TPSA) is 97.2 Å². The minimum atomic E-state index is -1.96. The quantitative estimate of drug-likeness (QED) is 0.170. The second-order valence-corrected chi connectivity index (χ2v) is 7.80. The van der Waals surface area contributed by atoms with E-state index in [1.807, 2.05) is 0 Å². The number of esters is 1. The minimum absolute atomic E-state index is 0.262. The highest BCUT2D eigenvalue weighted by molar-refractivity contribution is 5.94. The summed E-state index contributed by atoms with van der Waals surface area (Å²) >= 11 is 0. The van der Waals surface area contributed by atoms with Crippen LogP contribution in [0.25, 0.3) is 0 Å². The monoisotopic (exact) mass is 480 g/mol. The summed E-state index contributed by atoms with van der Waals surface area (Å²) in [7, 11) is 1.54. The third kappa shape index (κ3) is 5.32. The van der Waals surface area contributed by atoms with Crippen molar-refractivity contribution in [2.24, 2.45) is 5.10 Å². The second-order valence-electron chi connectivity index (χ2n) is 7.80. The lowest BCUT2D eigenvalue weighted by Crippen LogP contribution is -2.43. The molecule has 4 rings (SSSR count). The lowest BCUT2D eigenvalue weighted by Gasteiger charge is -2.27. The molecule has 7 heteroatoms. The van der Waals surface area contributed by atoms with Crippen LogP contribution in [-0.2, 0) is 10.4 Å². The average molecular weight is 481 g/mol. The van der Waals surface area contributed by atoms with Gasteiger partial charge >= 0.3 is 5.97 Å². The number of hydrogen-bond donors (Lipinski definition) is 2. The number of nitrogens with one attached hydrogen (secondary N) is 1. The van der Waals surface area contributed by atoms with Crippen molar-refractivity contribution in [1.29, 1.82) is 0 Å². The molecule has 0 aliphatic carbocycles. The molecular formula is C29H24N2O5. The number of carbonyl (C=O) groups excluding carboxylic acids is 2. The zero-order valence-electron chi connectivity index (χ0n) is 19.5. The third-order valence-electron chi connectivity index (χ3n) is 5.53. The predicted octanol–water partition coefficient (Wildman–Crippen LogP) is 4.30. The summed E-state index contributed by atoms with van der Waals surface area (Å²) in [5.74, 6) is -0.396. The third-order valence-corrected chi connectivity index (χ3v) is 5.53. The van der Waals surface area contributed by atoms with Crippen LogP contribution in [0, 0.1) is 0 Å². The van der Waals surface area contributed by atoms with Crippen molar-refractivity contribution in [3.05, 3.63) is 131 Å². The number of hydrazone groups is 1. The van der Waals surface area contributed by atoms with Gasteiger partial charge in [0, 0.05) is 5.56 Å².